The molecule has 0 spiro atoms. The topological polar surface area (TPSA) is 103 Å². The number of hydrogen-bond donors (Lipinski definition) is 1. The number of ether oxygens (including phenoxy) is 4. The zero-order chi connectivity index (χ0) is 35.3. The number of carbonyl (C=O) groups excluding carboxylic acids is 3. The van der Waals surface area contributed by atoms with E-state index < -0.39 is 41.4 Å². The number of rotatable bonds is 9. The lowest BCUT2D eigenvalue weighted by Gasteiger charge is -2.36. The first-order valence-corrected chi connectivity index (χ1v) is 16.3. The lowest BCUT2D eigenvalue weighted by atomic mass is 9.98. The number of nitrogens with one attached hydrogen (secondary N) is 1. The highest BCUT2D eigenvalue weighted by Gasteiger charge is 2.43. The van der Waals surface area contributed by atoms with E-state index in [1.165, 1.54) is 12.0 Å². The molecule has 4 aromatic carbocycles. The summed E-state index contributed by atoms with van der Waals surface area (Å²) in [6, 6.07) is 29.0. The third kappa shape index (κ3) is 8.79. The van der Waals surface area contributed by atoms with Gasteiger partial charge in [-0.25, -0.2) is 14.4 Å². The summed E-state index contributed by atoms with van der Waals surface area (Å²) >= 11 is 0. The molecule has 9 heteroatoms. The van der Waals surface area contributed by atoms with Crippen molar-refractivity contribution in [2.75, 3.05) is 12.4 Å². The van der Waals surface area contributed by atoms with Gasteiger partial charge < -0.3 is 18.9 Å². The molecule has 0 saturated heterocycles. The Labute approximate surface area is 288 Å². The number of benzene rings is 4. The fraction of sp³-hybridized carbons (Fsp3) is 0.325. The average molecular weight is 665 g/mol. The Morgan fingerprint density at radius 2 is 1.33 bits per heavy atom. The van der Waals surface area contributed by atoms with Gasteiger partial charge in [0.1, 0.15) is 29.6 Å². The smallest absolute Gasteiger partial charge is 0.412 e. The molecule has 0 radical (unpaired) electrons. The summed E-state index contributed by atoms with van der Waals surface area (Å²) < 4.78 is 22.6. The van der Waals surface area contributed by atoms with Crippen LogP contribution in [0.4, 0.5) is 15.3 Å². The molecule has 0 aromatic heterocycles. The molecule has 49 heavy (non-hydrogen) atoms. The summed E-state index contributed by atoms with van der Waals surface area (Å²) in [5.74, 6) is 0.0894. The van der Waals surface area contributed by atoms with Crippen LogP contribution in [0.5, 0.6) is 5.75 Å². The van der Waals surface area contributed by atoms with E-state index in [9.17, 15) is 14.4 Å². The van der Waals surface area contributed by atoms with Gasteiger partial charge in [-0.15, -0.1) is 0 Å². The molecule has 1 atom stereocenters. The minimum atomic E-state index is -0.997. The predicted molar refractivity (Wildman–Crippen MR) is 188 cm³/mol. The summed E-state index contributed by atoms with van der Waals surface area (Å²) in [6.07, 6.45) is -0.975. The second-order valence-electron chi connectivity index (χ2n) is 14.0. The molecule has 1 aliphatic carbocycles. The van der Waals surface area contributed by atoms with Gasteiger partial charge in [0.25, 0.3) is 0 Å². The zero-order valence-corrected chi connectivity index (χ0v) is 29.1. The Morgan fingerprint density at radius 1 is 0.735 bits per heavy atom. The van der Waals surface area contributed by atoms with E-state index in [4.69, 9.17) is 18.9 Å². The van der Waals surface area contributed by atoms with Gasteiger partial charge in [-0.05, 0) is 99.2 Å². The van der Waals surface area contributed by atoms with Crippen LogP contribution in [-0.4, -0.2) is 47.4 Å². The zero-order valence-electron chi connectivity index (χ0n) is 29.1. The maximum Gasteiger partial charge on any atom is 0.412 e. The van der Waals surface area contributed by atoms with Gasteiger partial charge in [0.05, 0.1) is 13.2 Å². The molecule has 0 heterocycles. The van der Waals surface area contributed by atoms with Crippen LogP contribution in [0.3, 0.4) is 0 Å². The Morgan fingerprint density at radius 3 is 1.90 bits per heavy atom. The summed E-state index contributed by atoms with van der Waals surface area (Å²) in [5, 5.41) is 2.75. The van der Waals surface area contributed by atoms with Crippen LogP contribution in [0.1, 0.15) is 69.8 Å². The molecule has 0 fully saturated rings. The molecule has 4 aromatic rings. The minimum absolute atomic E-state index is 0.184. The lowest BCUT2D eigenvalue weighted by Crippen LogP contribution is -2.50. The number of anilines is 1. The number of amides is 2. The standard InChI is InChI=1S/C40H44N2O7/c1-39(2,3)48-36(43)34(42(38(45)46-7)35-32-17-10-8-15-30(32)31-16-9-11-18-33(31)35)24-26-19-21-29(22-20-26)47-25-27-13-12-14-28(23-27)41-37(44)49-40(4,5)6/h8-23,34-35H,24-25H2,1-7H3,(H,41,44)/t34-/m0/s1. The molecule has 0 saturated carbocycles. The van der Waals surface area contributed by atoms with E-state index in [2.05, 4.69) is 5.32 Å². The van der Waals surface area contributed by atoms with Crippen LogP contribution in [0, 0.1) is 0 Å². The van der Waals surface area contributed by atoms with Gasteiger partial charge in [0, 0.05) is 12.1 Å². The highest BCUT2D eigenvalue weighted by molar-refractivity contribution is 5.86. The Kier molecular flexibility index (Phi) is 10.3. The third-order valence-corrected chi connectivity index (χ3v) is 7.81. The molecule has 2 amide bonds. The van der Waals surface area contributed by atoms with Gasteiger partial charge in [-0.2, -0.15) is 0 Å². The lowest BCUT2D eigenvalue weighted by molar-refractivity contribution is -0.161. The molecule has 5 rings (SSSR count). The molecule has 1 N–H and O–H groups in total. The minimum Gasteiger partial charge on any atom is -0.489 e. The monoisotopic (exact) mass is 664 g/mol. The van der Waals surface area contributed by atoms with Crippen LogP contribution in [0.2, 0.25) is 0 Å². The van der Waals surface area contributed by atoms with Crippen molar-refractivity contribution >= 4 is 23.8 Å². The molecule has 0 bridgehead atoms. The number of fused-ring (bicyclic) bond motifs is 3. The predicted octanol–water partition coefficient (Wildman–Crippen LogP) is 8.70. The van der Waals surface area contributed by atoms with E-state index >= 15 is 0 Å². The van der Waals surface area contributed by atoms with Gasteiger partial charge in [0.15, 0.2) is 0 Å². The van der Waals surface area contributed by atoms with Gasteiger partial charge in [-0.1, -0.05) is 72.8 Å². The molecular formula is C40H44N2O7. The van der Waals surface area contributed by atoms with Crippen molar-refractivity contribution in [1.82, 2.24) is 4.90 Å². The second-order valence-corrected chi connectivity index (χ2v) is 14.0. The average Bonchev–Trinajstić information content (AvgIpc) is 3.36. The molecule has 256 valence electrons. The van der Waals surface area contributed by atoms with Crippen LogP contribution in [0.25, 0.3) is 11.1 Å². The van der Waals surface area contributed by atoms with Crippen LogP contribution < -0.4 is 10.1 Å². The summed E-state index contributed by atoms with van der Waals surface area (Å²) in [5.41, 5.74) is 4.72. The Balaban J connectivity index is 1.37. The number of esters is 1. The van der Waals surface area contributed by atoms with E-state index in [1.54, 1.807) is 26.8 Å². The first-order chi connectivity index (χ1) is 23.2. The summed E-state index contributed by atoms with van der Waals surface area (Å²) in [7, 11) is 1.32. The summed E-state index contributed by atoms with van der Waals surface area (Å²) in [6.45, 7) is 11.1. The molecule has 0 unspecified atom stereocenters. The summed E-state index contributed by atoms with van der Waals surface area (Å²) in [4.78, 5) is 41.4. The maximum absolute atomic E-state index is 14.0. The van der Waals surface area contributed by atoms with Gasteiger partial charge in [0.2, 0.25) is 0 Å². The van der Waals surface area contributed by atoms with Crippen molar-refractivity contribution in [2.24, 2.45) is 0 Å². The van der Waals surface area contributed by atoms with Gasteiger partial charge in [-0.3, -0.25) is 10.2 Å². The van der Waals surface area contributed by atoms with E-state index in [0.29, 0.717) is 11.4 Å². The molecule has 9 nitrogen and oxygen atoms in total. The maximum atomic E-state index is 14.0. The van der Waals surface area contributed by atoms with Crippen LogP contribution in [-0.2, 0) is 32.0 Å². The number of methoxy groups -OCH3 is 1. The van der Waals surface area contributed by atoms with Gasteiger partial charge >= 0.3 is 18.2 Å². The highest BCUT2D eigenvalue weighted by Crippen LogP contribution is 2.47. The Bertz CT molecular complexity index is 1760. The number of carbonyl (C=O) groups is 3. The van der Waals surface area contributed by atoms with Crippen LogP contribution >= 0.6 is 0 Å². The fourth-order valence-electron chi connectivity index (χ4n) is 5.88. The first-order valence-electron chi connectivity index (χ1n) is 16.3. The normalized spacial score (nSPS) is 13.0. The van der Waals surface area contributed by atoms with Crippen molar-refractivity contribution in [1.29, 1.82) is 0 Å². The highest BCUT2D eigenvalue weighted by atomic mass is 16.6. The third-order valence-electron chi connectivity index (χ3n) is 7.81. The molecular weight excluding hydrogens is 620 g/mol. The quantitative estimate of drug-likeness (QED) is 0.141. The van der Waals surface area contributed by atoms with Crippen molar-refractivity contribution in [3.63, 3.8) is 0 Å². The molecule has 0 aliphatic heterocycles. The van der Waals surface area contributed by atoms with Crippen molar-refractivity contribution in [3.8, 4) is 16.9 Å². The number of hydrogen-bond acceptors (Lipinski definition) is 7. The molecule has 1 aliphatic rings. The number of nitrogens with zero attached hydrogens (tertiary/aromatic N) is 1. The van der Waals surface area contributed by atoms with E-state index in [1.807, 2.05) is 112 Å². The van der Waals surface area contributed by atoms with E-state index in [-0.39, 0.29) is 13.0 Å². The SMILES string of the molecule is COC(=O)N(C1c2ccccc2-c2ccccc21)[C@@H](Cc1ccc(OCc2cccc(NC(=O)OC(C)(C)C)c2)cc1)C(=O)OC(C)(C)C. The van der Waals surface area contributed by atoms with Crippen molar-refractivity contribution in [2.45, 2.75) is 77.9 Å². The first kappa shape index (κ1) is 35.0. The largest absolute Gasteiger partial charge is 0.489 e. The fourth-order valence-corrected chi connectivity index (χ4v) is 5.88. The second kappa shape index (κ2) is 14.4. The Hall–Kier alpha value is -5.31. The van der Waals surface area contributed by atoms with Crippen molar-refractivity contribution in [3.05, 3.63) is 119 Å². The van der Waals surface area contributed by atoms with Crippen molar-refractivity contribution < 1.29 is 33.3 Å². The van der Waals surface area contributed by atoms with E-state index in [0.717, 1.165) is 33.4 Å². The van der Waals surface area contributed by atoms with Crippen LogP contribution in [0.15, 0.2) is 97.1 Å².